The van der Waals surface area contributed by atoms with Crippen LogP contribution in [-0.2, 0) is 13.8 Å². The Balaban J connectivity index is -0.00000162. The van der Waals surface area contributed by atoms with E-state index in [9.17, 15) is 9.36 Å². The van der Waals surface area contributed by atoms with Crippen LogP contribution in [0.1, 0.15) is 22.2 Å². The number of carbonyl (C=O) groups is 1. The van der Waals surface area contributed by atoms with Crippen LogP contribution in [0.5, 0.6) is 0 Å². The quantitative estimate of drug-likeness (QED) is 0.346. The fourth-order valence-electron chi connectivity index (χ4n) is 0.921. The normalized spacial score (nSPS) is 13.2. The van der Waals surface area contributed by atoms with Crippen molar-refractivity contribution in [2.45, 2.75) is 32.5 Å². The molecule has 8 nitrogen and oxygen atoms in total. The van der Waals surface area contributed by atoms with Gasteiger partial charge in [0.25, 0.3) is 0 Å². The predicted octanol–water partition coefficient (Wildman–Crippen LogP) is -2.64. The number of rotatable bonds is 7. The fraction of sp³-hybridized carbons (Fsp3) is 0.900. The molecule has 0 fully saturated rings. The first kappa shape index (κ1) is 22.5. The molecule has 2 atom stereocenters. The van der Waals surface area contributed by atoms with E-state index in [0.717, 1.165) is 4.67 Å². The minimum atomic E-state index is -2.60. The summed E-state index contributed by atoms with van der Waals surface area (Å²) in [6, 6.07) is 0. The zero-order valence-electron chi connectivity index (χ0n) is 13.3. The van der Waals surface area contributed by atoms with E-state index >= 15 is 0 Å². The monoisotopic (exact) mass is 322 g/mol. The van der Waals surface area contributed by atoms with E-state index in [2.05, 4.69) is 0 Å². The van der Waals surface area contributed by atoms with E-state index in [1.165, 1.54) is 0 Å². The second kappa shape index (κ2) is 10.9. The van der Waals surface area contributed by atoms with Crippen LogP contribution in [0.2, 0.25) is 0 Å². The second-order valence-corrected chi connectivity index (χ2v) is 5.91. The third-order valence-corrected chi connectivity index (χ3v) is 2.83. The molecule has 0 radical (unpaired) electrons. The van der Waals surface area contributed by atoms with Crippen molar-refractivity contribution in [2.75, 3.05) is 26.4 Å². The summed E-state index contributed by atoms with van der Waals surface area (Å²) in [4.78, 5) is 11.7. The number of amides is 1. The first-order chi connectivity index (χ1) is 8.71. The molecule has 0 saturated heterocycles. The van der Waals surface area contributed by atoms with Crippen molar-refractivity contribution in [3.8, 4) is 0 Å². The number of aliphatic hydroxyl groups excluding tert-OH is 3. The molecule has 0 aromatic heterocycles. The summed E-state index contributed by atoms with van der Waals surface area (Å²) in [5, 5.41) is 26.5. The Kier molecular flexibility index (Phi) is 12.2. The average molecular weight is 322 g/mol. The Morgan fingerprint density at radius 1 is 1.40 bits per heavy atom. The van der Waals surface area contributed by atoms with Crippen molar-refractivity contribution in [2.24, 2.45) is 0 Å². The largest absolute Gasteiger partial charge is 1.00 e. The Morgan fingerprint density at radius 3 is 2.35 bits per heavy atom. The summed E-state index contributed by atoms with van der Waals surface area (Å²) in [5.74, 6) is 0. The third kappa shape index (κ3) is 10.0. The molecule has 0 aliphatic rings. The number of aliphatic hydroxyl groups is 3. The van der Waals surface area contributed by atoms with Gasteiger partial charge in [-0.1, -0.05) is 4.67 Å². The maximum absolute atomic E-state index is 11.7. The van der Waals surface area contributed by atoms with Crippen LogP contribution >= 0.6 is 8.18 Å². The molecule has 1 amide bonds. The summed E-state index contributed by atoms with van der Waals surface area (Å²) in [5.41, 5.74) is -0.772. The van der Waals surface area contributed by atoms with Crippen molar-refractivity contribution in [3.63, 3.8) is 0 Å². The number of nitrogens with zero attached hydrogens (tertiary/aromatic N) is 1. The van der Waals surface area contributed by atoms with Gasteiger partial charge < -0.3 is 21.5 Å². The molecule has 0 saturated carbocycles. The van der Waals surface area contributed by atoms with Crippen molar-refractivity contribution in [1.82, 2.24) is 4.67 Å². The second-order valence-electron chi connectivity index (χ2n) is 4.70. The first-order valence-corrected chi connectivity index (χ1v) is 6.84. The molecule has 0 aliphatic heterocycles. The number of hydrogen-bond acceptors (Lipinski definition) is 7. The Labute approximate surface area is 142 Å². The van der Waals surface area contributed by atoms with E-state index in [4.69, 9.17) is 24.6 Å². The molecule has 0 spiro atoms. The van der Waals surface area contributed by atoms with Crippen LogP contribution in [0.4, 0.5) is 4.79 Å². The molecular formula is C10H22NNaO7P+. The van der Waals surface area contributed by atoms with Gasteiger partial charge in [-0.3, -0.25) is 0 Å². The molecule has 0 aromatic carbocycles. The predicted molar refractivity (Wildman–Crippen MR) is 67.8 cm³/mol. The van der Waals surface area contributed by atoms with Gasteiger partial charge in [0.2, 0.25) is 0 Å². The SMILES string of the molecule is CC(C)(C)OC(=O)N(CCO)[P+](=O)OC[C@H](O)CO.[H-].[Na+]. The van der Waals surface area contributed by atoms with Crippen LogP contribution in [0.25, 0.3) is 0 Å². The molecule has 0 rings (SSSR count). The molecule has 0 bridgehead atoms. The Hall–Kier alpha value is 0.210. The zero-order valence-corrected chi connectivity index (χ0v) is 15.2. The van der Waals surface area contributed by atoms with E-state index in [1.807, 2.05) is 0 Å². The van der Waals surface area contributed by atoms with Crippen LogP contribution in [-0.4, -0.2) is 64.2 Å². The van der Waals surface area contributed by atoms with Crippen molar-refractivity contribution in [3.05, 3.63) is 0 Å². The van der Waals surface area contributed by atoms with Gasteiger partial charge in [-0.05, 0) is 25.3 Å². The fourth-order valence-corrected chi connectivity index (χ4v) is 1.79. The van der Waals surface area contributed by atoms with Gasteiger partial charge in [0.1, 0.15) is 18.3 Å². The number of ether oxygens (including phenoxy) is 1. The van der Waals surface area contributed by atoms with Crippen LogP contribution in [0, 0.1) is 0 Å². The average Bonchev–Trinajstić information content (AvgIpc) is 2.30. The number of carbonyl (C=O) groups excluding carboxylic acids is 1. The minimum Gasteiger partial charge on any atom is -1.00 e. The molecule has 3 N–H and O–H groups in total. The molecule has 10 heteroatoms. The van der Waals surface area contributed by atoms with Gasteiger partial charge in [-0.25, -0.2) is 4.79 Å². The summed E-state index contributed by atoms with van der Waals surface area (Å²) in [6.07, 6.45) is -2.07. The smallest absolute Gasteiger partial charge is 1.00 e. The van der Waals surface area contributed by atoms with E-state index in [1.54, 1.807) is 20.8 Å². The Morgan fingerprint density at radius 2 is 1.95 bits per heavy atom. The van der Waals surface area contributed by atoms with Gasteiger partial charge in [-0.15, -0.1) is 4.52 Å². The first-order valence-electron chi connectivity index (χ1n) is 5.71. The summed E-state index contributed by atoms with van der Waals surface area (Å²) < 4.78 is 22.2. The maximum atomic E-state index is 11.7. The molecule has 1 unspecified atom stereocenters. The van der Waals surface area contributed by atoms with Gasteiger partial charge in [0, 0.05) is 0 Å². The molecule has 0 aliphatic carbocycles. The Bertz CT molecular complexity index is 316. The molecule has 20 heavy (non-hydrogen) atoms. The van der Waals surface area contributed by atoms with Crippen LogP contribution in [0.15, 0.2) is 0 Å². The van der Waals surface area contributed by atoms with Gasteiger partial charge >= 0.3 is 43.8 Å². The minimum absolute atomic E-state index is 0. The molecular weight excluding hydrogens is 300 g/mol. The summed E-state index contributed by atoms with van der Waals surface area (Å²) >= 11 is 0. The van der Waals surface area contributed by atoms with Gasteiger partial charge in [-0.2, -0.15) is 0 Å². The van der Waals surface area contributed by atoms with Crippen molar-refractivity contribution >= 4 is 14.3 Å². The molecule has 114 valence electrons. The standard InChI is InChI=1S/C10H21NO7P.Na.H/c1-10(2,3)18-9(15)11(4-5-12)19(16)17-7-8(14)6-13;;/h8,12-14H,4-7H2,1-3H3;;/q2*+1;-1/t8-;;/m1../s1. The van der Waals surface area contributed by atoms with Crippen molar-refractivity contribution in [1.29, 1.82) is 0 Å². The van der Waals surface area contributed by atoms with E-state index < -0.39 is 45.8 Å². The van der Waals surface area contributed by atoms with Gasteiger partial charge in [0.05, 0.1) is 19.8 Å². The van der Waals surface area contributed by atoms with Crippen LogP contribution < -0.4 is 29.6 Å². The van der Waals surface area contributed by atoms with E-state index in [0.29, 0.717) is 0 Å². The van der Waals surface area contributed by atoms with E-state index in [-0.39, 0.29) is 37.5 Å². The summed E-state index contributed by atoms with van der Waals surface area (Å²) in [6.45, 7) is 3.36. The van der Waals surface area contributed by atoms with Crippen LogP contribution in [0.3, 0.4) is 0 Å². The van der Waals surface area contributed by atoms with Gasteiger partial charge in [0.15, 0.2) is 0 Å². The molecule has 0 heterocycles. The summed E-state index contributed by atoms with van der Waals surface area (Å²) in [7, 11) is -2.60. The van der Waals surface area contributed by atoms with Crippen molar-refractivity contribution < 1.29 is 64.9 Å². The maximum Gasteiger partial charge on any atom is 1.00 e. The zero-order chi connectivity index (χ0) is 15.1. The third-order valence-electron chi connectivity index (χ3n) is 1.70. The topological polar surface area (TPSA) is 117 Å². The molecule has 0 aromatic rings. The number of hydrogen-bond donors (Lipinski definition) is 3.